The minimum Gasteiger partial charge on any atom is -0.468 e. The van der Waals surface area contributed by atoms with Crippen LogP contribution in [0.2, 0.25) is 0 Å². The lowest BCUT2D eigenvalue weighted by Crippen LogP contribution is -2.17. The first-order valence-corrected chi connectivity index (χ1v) is 4.82. The Hall–Kier alpha value is -2.16. The number of hydrogen-bond donors (Lipinski definition) is 0. The van der Waals surface area contributed by atoms with Gasteiger partial charge in [-0.1, -0.05) is 17.9 Å². The molecule has 3 nitrogen and oxygen atoms in total. The first-order chi connectivity index (χ1) is 8.40. The molecule has 0 aliphatic carbocycles. The summed E-state index contributed by atoms with van der Waals surface area (Å²) in [6, 6.07) is 5.19. The lowest BCUT2D eigenvalue weighted by molar-refractivity contribution is -0.274. The summed E-state index contributed by atoms with van der Waals surface area (Å²) in [7, 11) is 1.22. The van der Waals surface area contributed by atoms with Gasteiger partial charge in [-0.05, 0) is 18.2 Å². The van der Waals surface area contributed by atoms with E-state index in [4.69, 9.17) is 0 Å². The monoisotopic (exact) mass is 258 g/mol. The second kappa shape index (κ2) is 5.96. The summed E-state index contributed by atoms with van der Waals surface area (Å²) < 4.78 is 44.0. The van der Waals surface area contributed by atoms with E-state index < -0.39 is 12.3 Å². The first-order valence-electron chi connectivity index (χ1n) is 4.82. The van der Waals surface area contributed by atoms with Crippen molar-refractivity contribution in [3.8, 4) is 17.6 Å². The van der Waals surface area contributed by atoms with Crippen LogP contribution in [0.1, 0.15) is 12.0 Å². The lowest BCUT2D eigenvalue weighted by Gasteiger charge is -2.08. The number of alkyl halides is 3. The van der Waals surface area contributed by atoms with Crippen LogP contribution in [0.25, 0.3) is 0 Å². The van der Waals surface area contributed by atoms with Gasteiger partial charge in [0.05, 0.1) is 7.11 Å². The van der Waals surface area contributed by atoms with Crippen LogP contribution in [0, 0.1) is 11.8 Å². The maximum Gasteiger partial charge on any atom is 0.573 e. The number of methoxy groups -OCH3 is 1. The molecule has 0 bridgehead atoms. The Morgan fingerprint density at radius 1 is 1.39 bits per heavy atom. The van der Waals surface area contributed by atoms with Crippen molar-refractivity contribution in [1.82, 2.24) is 0 Å². The van der Waals surface area contributed by atoms with Gasteiger partial charge < -0.3 is 9.47 Å². The third-order valence-electron chi connectivity index (χ3n) is 1.76. The maximum absolute atomic E-state index is 12.0. The summed E-state index contributed by atoms with van der Waals surface area (Å²) in [5.41, 5.74) is 0.320. The van der Waals surface area contributed by atoms with Crippen molar-refractivity contribution in [3.63, 3.8) is 0 Å². The summed E-state index contributed by atoms with van der Waals surface area (Å²) in [6.45, 7) is 0. The number of benzene rings is 1. The zero-order valence-electron chi connectivity index (χ0n) is 9.38. The van der Waals surface area contributed by atoms with Gasteiger partial charge in [-0.25, -0.2) is 0 Å². The molecule has 0 fully saturated rings. The molecule has 0 aliphatic heterocycles. The predicted octanol–water partition coefficient (Wildman–Crippen LogP) is 2.50. The largest absolute Gasteiger partial charge is 0.573 e. The summed E-state index contributed by atoms with van der Waals surface area (Å²) >= 11 is 0. The van der Waals surface area contributed by atoms with Crippen molar-refractivity contribution < 1.29 is 27.4 Å². The van der Waals surface area contributed by atoms with Crippen LogP contribution in [0.4, 0.5) is 13.2 Å². The van der Waals surface area contributed by atoms with E-state index in [0.717, 1.165) is 6.07 Å². The van der Waals surface area contributed by atoms with Gasteiger partial charge in [-0.2, -0.15) is 0 Å². The third-order valence-corrected chi connectivity index (χ3v) is 1.76. The number of carbonyl (C=O) groups is 1. The minimum absolute atomic E-state index is 0.124. The zero-order valence-corrected chi connectivity index (χ0v) is 9.38. The molecule has 6 heteroatoms. The molecule has 1 aromatic rings. The molecule has 0 atom stereocenters. The fourth-order valence-electron chi connectivity index (χ4n) is 1.06. The molecule has 0 spiro atoms. The Kier molecular flexibility index (Phi) is 4.60. The Labute approximate surface area is 102 Å². The molecule has 1 aromatic carbocycles. The lowest BCUT2D eigenvalue weighted by atomic mass is 10.2. The van der Waals surface area contributed by atoms with E-state index in [0.29, 0.717) is 5.56 Å². The number of hydrogen-bond acceptors (Lipinski definition) is 3. The van der Waals surface area contributed by atoms with Crippen molar-refractivity contribution >= 4 is 5.97 Å². The molecule has 0 N–H and O–H groups in total. The highest BCUT2D eigenvalue weighted by Crippen LogP contribution is 2.22. The third kappa shape index (κ3) is 5.25. The van der Waals surface area contributed by atoms with E-state index in [2.05, 4.69) is 21.3 Å². The first kappa shape index (κ1) is 13.9. The van der Waals surface area contributed by atoms with E-state index in [1.165, 1.54) is 25.3 Å². The quantitative estimate of drug-likeness (QED) is 0.604. The van der Waals surface area contributed by atoms with Gasteiger partial charge in [-0.3, -0.25) is 4.79 Å². The SMILES string of the molecule is COC(=O)CC#Cc1cccc(OC(F)(F)F)c1. The standard InChI is InChI=1S/C12H9F3O3/c1-17-11(16)7-3-5-9-4-2-6-10(8-9)18-12(13,14)15/h2,4,6,8H,7H2,1H3. The fourth-order valence-corrected chi connectivity index (χ4v) is 1.06. The molecular weight excluding hydrogens is 249 g/mol. The predicted molar refractivity (Wildman–Crippen MR) is 56.6 cm³/mol. The van der Waals surface area contributed by atoms with Gasteiger partial charge in [0.25, 0.3) is 0 Å². The molecule has 96 valence electrons. The summed E-state index contributed by atoms with van der Waals surface area (Å²) in [5, 5.41) is 0. The van der Waals surface area contributed by atoms with Gasteiger partial charge >= 0.3 is 12.3 Å². The topological polar surface area (TPSA) is 35.5 Å². The van der Waals surface area contributed by atoms with Gasteiger partial charge in [0.1, 0.15) is 12.2 Å². The molecule has 0 radical (unpaired) electrons. The Balaban J connectivity index is 2.73. The Bertz CT molecular complexity index is 483. The van der Waals surface area contributed by atoms with E-state index in [-0.39, 0.29) is 12.2 Å². The number of carbonyl (C=O) groups excluding carboxylic acids is 1. The molecule has 0 aliphatic rings. The Morgan fingerprint density at radius 3 is 2.72 bits per heavy atom. The van der Waals surface area contributed by atoms with Crippen LogP contribution in [-0.2, 0) is 9.53 Å². The average Bonchev–Trinajstić information content (AvgIpc) is 2.27. The van der Waals surface area contributed by atoms with E-state index in [1.54, 1.807) is 0 Å². The van der Waals surface area contributed by atoms with Gasteiger partial charge in [0, 0.05) is 5.56 Å². The van der Waals surface area contributed by atoms with Crippen molar-refractivity contribution in [1.29, 1.82) is 0 Å². The van der Waals surface area contributed by atoms with Crippen molar-refractivity contribution in [2.75, 3.05) is 7.11 Å². The van der Waals surface area contributed by atoms with E-state index >= 15 is 0 Å². The molecule has 0 unspecified atom stereocenters. The second-order valence-electron chi connectivity index (χ2n) is 3.13. The smallest absolute Gasteiger partial charge is 0.468 e. The summed E-state index contributed by atoms with van der Waals surface area (Å²) in [6.07, 6.45) is -4.86. The van der Waals surface area contributed by atoms with Crippen molar-refractivity contribution in [2.45, 2.75) is 12.8 Å². The molecule has 18 heavy (non-hydrogen) atoms. The number of esters is 1. The molecule has 0 saturated carbocycles. The zero-order chi connectivity index (χ0) is 13.6. The second-order valence-corrected chi connectivity index (χ2v) is 3.13. The molecule has 1 rings (SSSR count). The maximum atomic E-state index is 12.0. The van der Waals surface area contributed by atoms with Gasteiger partial charge in [-0.15, -0.1) is 13.2 Å². The number of halogens is 3. The van der Waals surface area contributed by atoms with Crippen LogP contribution in [-0.4, -0.2) is 19.4 Å². The molecule has 0 heterocycles. The molecule has 0 saturated heterocycles. The van der Waals surface area contributed by atoms with Crippen LogP contribution in [0.3, 0.4) is 0 Å². The summed E-state index contributed by atoms with van der Waals surface area (Å²) in [5.74, 6) is 4.16. The molecule has 0 aromatic heterocycles. The minimum atomic E-state index is -4.74. The average molecular weight is 258 g/mol. The Morgan fingerprint density at radius 2 is 2.11 bits per heavy atom. The van der Waals surface area contributed by atoms with Crippen LogP contribution >= 0.6 is 0 Å². The molecule has 0 amide bonds. The van der Waals surface area contributed by atoms with E-state index in [1.807, 2.05) is 0 Å². The fraction of sp³-hybridized carbons (Fsp3) is 0.250. The number of ether oxygens (including phenoxy) is 2. The highest BCUT2D eigenvalue weighted by atomic mass is 19.4. The highest BCUT2D eigenvalue weighted by Gasteiger charge is 2.30. The van der Waals surface area contributed by atoms with Crippen LogP contribution in [0.5, 0.6) is 5.75 Å². The summed E-state index contributed by atoms with van der Waals surface area (Å²) in [4.78, 5) is 10.8. The van der Waals surface area contributed by atoms with Gasteiger partial charge in [0.2, 0.25) is 0 Å². The molecular formula is C12H9F3O3. The van der Waals surface area contributed by atoms with Crippen molar-refractivity contribution in [2.24, 2.45) is 0 Å². The van der Waals surface area contributed by atoms with Crippen LogP contribution in [0.15, 0.2) is 24.3 Å². The van der Waals surface area contributed by atoms with Crippen molar-refractivity contribution in [3.05, 3.63) is 29.8 Å². The van der Waals surface area contributed by atoms with Gasteiger partial charge in [0.15, 0.2) is 0 Å². The normalized spacial score (nSPS) is 10.2. The van der Waals surface area contributed by atoms with E-state index in [9.17, 15) is 18.0 Å². The highest BCUT2D eigenvalue weighted by molar-refractivity contribution is 5.72. The number of rotatable bonds is 2. The van der Waals surface area contributed by atoms with Crippen LogP contribution < -0.4 is 4.74 Å².